The van der Waals surface area contributed by atoms with Crippen LogP contribution in [0.2, 0.25) is 5.02 Å². The molecule has 2 atom stereocenters. The maximum atomic E-state index is 14.6. The largest absolute Gasteiger partial charge is 0.481 e. The van der Waals surface area contributed by atoms with Crippen molar-refractivity contribution in [3.63, 3.8) is 0 Å². The highest BCUT2D eigenvalue weighted by Crippen LogP contribution is 2.40. The van der Waals surface area contributed by atoms with Crippen molar-refractivity contribution in [3.8, 4) is 0 Å². The molecule has 0 spiro atoms. The first kappa shape index (κ1) is 30.4. The van der Waals surface area contributed by atoms with E-state index >= 15 is 0 Å². The van der Waals surface area contributed by atoms with E-state index in [4.69, 9.17) is 28.6 Å². The normalized spacial score (nSPS) is 21.3. The van der Waals surface area contributed by atoms with Crippen LogP contribution in [-0.2, 0) is 14.3 Å². The molecule has 4 heterocycles. The van der Waals surface area contributed by atoms with Gasteiger partial charge in [0.05, 0.1) is 34.4 Å². The van der Waals surface area contributed by atoms with Crippen LogP contribution in [0.5, 0.6) is 0 Å². The van der Waals surface area contributed by atoms with Crippen molar-refractivity contribution in [2.75, 3.05) is 45.9 Å². The molecule has 1 aromatic carbocycles. The van der Waals surface area contributed by atoms with E-state index in [0.717, 1.165) is 5.01 Å². The van der Waals surface area contributed by atoms with Gasteiger partial charge < -0.3 is 25.0 Å². The van der Waals surface area contributed by atoms with Crippen LogP contribution in [0, 0.1) is 11.2 Å². The number of benzene rings is 1. The summed E-state index contributed by atoms with van der Waals surface area (Å²) >= 11 is 13.6. The van der Waals surface area contributed by atoms with E-state index < -0.39 is 29.1 Å². The molecule has 9 nitrogen and oxygen atoms in total. The van der Waals surface area contributed by atoms with Crippen LogP contribution >= 0.6 is 35.2 Å². The number of rotatable bonds is 9. The van der Waals surface area contributed by atoms with Gasteiger partial charge in [-0.1, -0.05) is 23.7 Å². The number of hydrogen-bond acceptors (Lipinski definition) is 8. The molecule has 42 heavy (non-hydrogen) atoms. The average Bonchev–Trinajstić information content (AvgIpc) is 3.58. The third-order valence-corrected chi connectivity index (χ3v) is 9.49. The Morgan fingerprint density at radius 1 is 1.31 bits per heavy atom. The van der Waals surface area contributed by atoms with Crippen LogP contribution < -0.4 is 5.32 Å². The highest BCUT2D eigenvalue weighted by Gasteiger charge is 2.42. The van der Waals surface area contributed by atoms with Crippen molar-refractivity contribution in [1.82, 2.24) is 25.0 Å². The Hall–Kier alpha value is -3.06. The van der Waals surface area contributed by atoms with Gasteiger partial charge in [0.15, 0.2) is 5.11 Å². The lowest BCUT2D eigenvalue weighted by atomic mass is 9.86. The Balaban J connectivity index is 1.45. The molecule has 2 aromatic rings. The number of ether oxygens (including phenoxy) is 1. The van der Waals surface area contributed by atoms with Gasteiger partial charge in [-0.05, 0) is 50.7 Å². The lowest BCUT2D eigenvalue weighted by molar-refractivity contribution is -0.147. The van der Waals surface area contributed by atoms with E-state index in [1.807, 2.05) is 16.4 Å². The average molecular weight is 634 g/mol. The molecule has 2 saturated heterocycles. The second-order valence-corrected chi connectivity index (χ2v) is 12.8. The second-order valence-electron chi connectivity index (χ2n) is 11.2. The molecule has 0 radical (unpaired) electrons. The number of halogens is 2. The number of carboxylic acids is 1. The van der Waals surface area contributed by atoms with Crippen LogP contribution in [-0.4, -0.2) is 93.8 Å². The third-order valence-electron chi connectivity index (χ3n) is 7.79. The van der Waals surface area contributed by atoms with Gasteiger partial charge in [0.25, 0.3) is 0 Å². The Bertz CT molecular complexity index is 1450. The van der Waals surface area contributed by atoms with Crippen molar-refractivity contribution >= 4 is 57.9 Å². The zero-order valence-corrected chi connectivity index (χ0v) is 26.0. The molecule has 5 rings (SSSR count). The summed E-state index contributed by atoms with van der Waals surface area (Å²) in [5.74, 6) is -2.58. The fourth-order valence-electron chi connectivity index (χ4n) is 5.67. The molecule has 2 fully saturated rings. The van der Waals surface area contributed by atoms with Gasteiger partial charge in [0, 0.05) is 62.5 Å². The second kappa shape index (κ2) is 12.3. The van der Waals surface area contributed by atoms with Crippen LogP contribution in [0.4, 0.5) is 4.39 Å². The van der Waals surface area contributed by atoms with E-state index in [1.54, 1.807) is 39.1 Å². The zero-order valence-electron chi connectivity index (χ0n) is 23.6. The first-order valence-electron chi connectivity index (χ1n) is 13.7. The Kier molecular flexibility index (Phi) is 8.89. The van der Waals surface area contributed by atoms with Crippen molar-refractivity contribution in [2.45, 2.75) is 32.7 Å². The number of fused-ring (bicyclic) bond motifs is 1. The molecule has 2 N–H and O–H groups in total. The summed E-state index contributed by atoms with van der Waals surface area (Å²) < 4.78 is 20.1. The van der Waals surface area contributed by atoms with Crippen molar-refractivity contribution in [2.24, 2.45) is 5.41 Å². The van der Waals surface area contributed by atoms with E-state index in [9.17, 15) is 19.1 Å². The highest BCUT2D eigenvalue weighted by molar-refractivity contribution is 7.80. The van der Waals surface area contributed by atoms with Gasteiger partial charge in [0.2, 0.25) is 0 Å². The molecule has 0 bridgehead atoms. The number of aliphatic carboxylic acids is 1. The van der Waals surface area contributed by atoms with Gasteiger partial charge in [0.1, 0.15) is 10.8 Å². The number of aromatic nitrogens is 1. The molecule has 0 saturated carbocycles. The molecule has 1 aromatic heterocycles. The number of hydrogen-bond donors (Lipinski definition) is 2. The van der Waals surface area contributed by atoms with E-state index in [1.165, 1.54) is 17.4 Å². The van der Waals surface area contributed by atoms with Crippen LogP contribution in [0.3, 0.4) is 0 Å². The lowest BCUT2D eigenvalue weighted by Crippen LogP contribution is -2.53. The minimum Gasteiger partial charge on any atom is -0.481 e. The van der Waals surface area contributed by atoms with Crippen LogP contribution in [0.25, 0.3) is 5.70 Å². The summed E-state index contributed by atoms with van der Waals surface area (Å²) in [5, 5.41) is 16.3. The summed E-state index contributed by atoms with van der Waals surface area (Å²) in [7, 11) is 0. The number of carbonyl (C=O) groups excluding carboxylic acids is 1. The molecular weight excluding hydrogens is 601 g/mol. The van der Waals surface area contributed by atoms with Crippen LogP contribution in [0.15, 0.2) is 47.1 Å². The Labute approximate surface area is 258 Å². The van der Waals surface area contributed by atoms with Gasteiger partial charge in [-0.3, -0.25) is 9.69 Å². The Morgan fingerprint density at radius 3 is 2.79 bits per heavy atom. The number of thiocarbonyl (C=S) groups is 1. The number of nitrogens with one attached hydrogen (secondary N) is 1. The number of nitrogens with zero attached hydrogens (tertiary/aromatic N) is 4. The van der Waals surface area contributed by atoms with Crippen molar-refractivity contribution in [1.29, 1.82) is 0 Å². The SMILES string of the molecule is CCOC(=O)C1=C(CN2CCN3C(=S)N(CC(C)(C)C(=O)O)C[C@H]3C2)NC(c2nccs2)=C[C@H]1c1cccc(F)c1Cl. The molecule has 13 heteroatoms. The number of esters is 1. The number of dihydropyridines is 1. The minimum absolute atomic E-state index is 0.0438. The lowest BCUT2D eigenvalue weighted by Gasteiger charge is -2.39. The van der Waals surface area contributed by atoms with Gasteiger partial charge in [-0.15, -0.1) is 11.3 Å². The molecule has 224 valence electrons. The topological polar surface area (TPSA) is 98.2 Å². The van der Waals surface area contributed by atoms with Crippen molar-refractivity contribution in [3.05, 3.63) is 68.5 Å². The minimum atomic E-state index is -0.935. The summed E-state index contributed by atoms with van der Waals surface area (Å²) in [6, 6.07) is 4.67. The van der Waals surface area contributed by atoms with E-state index in [-0.39, 0.29) is 17.7 Å². The molecule has 3 aliphatic heterocycles. The molecule has 0 amide bonds. The monoisotopic (exact) mass is 633 g/mol. The summed E-state index contributed by atoms with van der Waals surface area (Å²) in [4.78, 5) is 36.1. The molecule has 3 aliphatic rings. The highest BCUT2D eigenvalue weighted by atomic mass is 35.5. The predicted octanol–water partition coefficient (Wildman–Crippen LogP) is 4.18. The first-order chi connectivity index (χ1) is 20.0. The molecule has 0 aliphatic carbocycles. The number of carbonyl (C=O) groups is 2. The third kappa shape index (κ3) is 6.03. The summed E-state index contributed by atoms with van der Waals surface area (Å²) in [5.41, 5.74) is 1.26. The maximum absolute atomic E-state index is 14.6. The van der Waals surface area contributed by atoms with Crippen LogP contribution in [0.1, 0.15) is 37.3 Å². The van der Waals surface area contributed by atoms with E-state index in [2.05, 4.69) is 20.1 Å². The fourth-order valence-corrected chi connectivity index (χ4v) is 6.91. The standard InChI is InChI=1S/C29H33ClFN5O4S2/c1-4-40-26(37)23-19(18-6-5-7-20(31)24(18)30)12-21(25-32-8-11-42-25)33-22(23)15-34-9-10-36-17(13-34)14-35(28(36)41)16-29(2,3)27(38)39/h5-8,11-12,17,19,33H,4,9-10,13-16H2,1-3H3,(H,38,39)/t17-,19+/m1/s1. The number of allylic oxidation sites excluding steroid dienone is 1. The quantitative estimate of drug-likeness (QED) is 0.309. The first-order valence-corrected chi connectivity index (χ1v) is 15.4. The Morgan fingerprint density at radius 2 is 2.10 bits per heavy atom. The zero-order chi connectivity index (χ0) is 30.2. The maximum Gasteiger partial charge on any atom is 0.336 e. The van der Waals surface area contributed by atoms with Gasteiger partial charge in [-0.25, -0.2) is 14.2 Å². The molecular formula is C29H33ClFN5O4S2. The van der Waals surface area contributed by atoms with E-state index in [0.29, 0.717) is 66.9 Å². The summed E-state index contributed by atoms with van der Waals surface area (Å²) in [6.45, 7) is 8.69. The van der Waals surface area contributed by atoms with Gasteiger partial charge >= 0.3 is 11.9 Å². The number of thiazole rings is 1. The smallest absolute Gasteiger partial charge is 0.336 e. The number of piperazine rings is 1. The van der Waals surface area contributed by atoms with Crippen molar-refractivity contribution < 1.29 is 23.8 Å². The molecule has 0 unspecified atom stereocenters. The summed E-state index contributed by atoms with van der Waals surface area (Å²) in [6.07, 6.45) is 3.56. The van der Waals surface area contributed by atoms with Gasteiger partial charge in [-0.2, -0.15) is 0 Å². The predicted molar refractivity (Wildman–Crippen MR) is 164 cm³/mol. The number of carboxylic acid groups (broad SMARTS) is 1. The fraction of sp³-hybridized carbons (Fsp3) is 0.448.